The van der Waals surface area contributed by atoms with E-state index in [2.05, 4.69) is 4.98 Å². The van der Waals surface area contributed by atoms with Crippen LogP contribution in [-0.4, -0.2) is 49.8 Å². The van der Waals surface area contributed by atoms with E-state index < -0.39 is 36.7 Å². The Bertz CT molecular complexity index is 695. The zero-order valence-corrected chi connectivity index (χ0v) is 10.2. The summed E-state index contributed by atoms with van der Waals surface area (Å²) < 4.78 is 11.2. The first-order valence-corrected chi connectivity index (χ1v) is 5.92. The Hall–Kier alpha value is -1.94. The molecule has 1 aliphatic heterocycles. The molecule has 0 aliphatic carbocycles. The number of nitrogen functional groups attached to an aromatic ring is 1. The molecule has 0 spiro atoms. The van der Waals surface area contributed by atoms with E-state index in [9.17, 15) is 15.0 Å². The number of nitrogens with zero attached hydrogens (tertiary/aromatic N) is 2. The average Bonchev–Trinajstić information content (AvgIpc) is 2.98. The Morgan fingerprint density at radius 3 is 2.80 bits per heavy atom. The maximum Gasteiger partial charge on any atom is 0.300 e. The summed E-state index contributed by atoms with van der Waals surface area (Å²) in [7, 11) is 0. The monoisotopic (exact) mass is 283 g/mol. The van der Waals surface area contributed by atoms with Crippen LogP contribution in [0.1, 0.15) is 6.23 Å². The van der Waals surface area contributed by atoms with Crippen LogP contribution in [-0.2, 0) is 4.74 Å². The summed E-state index contributed by atoms with van der Waals surface area (Å²) in [5.41, 5.74) is 5.32. The summed E-state index contributed by atoms with van der Waals surface area (Å²) in [6.07, 6.45) is -3.70. The quantitative estimate of drug-likeness (QED) is 0.504. The van der Waals surface area contributed by atoms with Crippen LogP contribution in [0.3, 0.4) is 0 Å². The second-order valence-corrected chi connectivity index (χ2v) is 4.51. The maximum absolute atomic E-state index is 12.3. The van der Waals surface area contributed by atoms with E-state index in [1.54, 1.807) is 0 Å². The standard InChI is InChI=1S/C11H13N3O6/c12-11-13-4-1-2-19-8(4)9(18)14(11)10-7(17)6(16)5(3-15)20-10/h1-2,5-7,10,15-17H,3H2,(H2,12,13)/t5-,6-,7-,10?/m1/s1. The first-order valence-electron chi connectivity index (χ1n) is 5.92. The van der Waals surface area contributed by atoms with E-state index in [1.165, 1.54) is 12.3 Å². The SMILES string of the molecule is Nc1nc2ccoc2c(=O)n1C1O[C@H](CO)[C@@H](O)[C@H]1O. The number of hydrogen-bond acceptors (Lipinski definition) is 8. The molecule has 4 atom stereocenters. The van der Waals surface area contributed by atoms with E-state index in [-0.39, 0.29) is 17.0 Å². The summed E-state index contributed by atoms with van der Waals surface area (Å²) >= 11 is 0. The molecule has 2 aromatic rings. The Morgan fingerprint density at radius 1 is 1.40 bits per heavy atom. The molecule has 0 radical (unpaired) electrons. The molecule has 1 saturated heterocycles. The zero-order valence-electron chi connectivity index (χ0n) is 10.2. The lowest BCUT2D eigenvalue weighted by molar-refractivity contribution is -0.0535. The third-order valence-electron chi connectivity index (χ3n) is 3.31. The van der Waals surface area contributed by atoms with Crippen molar-refractivity contribution < 1.29 is 24.5 Å². The number of aliphatic hydroxyl groups excluding tert-OH is 3. The normalized spacial score (nSPS) is 30.1. The fraction of sp³-hybridized carbons (Fsp3) is 0.455. The highest BCUT2D eigenvalue weighted by molar-refractivity contribution is 5.72. The van der Waals surface area contributed by atoms with Crippen molar-refractivity contribution in [3.63, 3.8) is 0 Å². The molecule has 5 N–H and O–H groups in total. The largest absolute Gasteiger partial charge is 0.457 e. The maximum atomic E-state index is 12.3. The van der Waals surface area contributed by atoms with E-state index in [4.69, 9.17) is 20.0 Å². The molecule has 9 nitrogen and oxygen atoms in total. The van der Waals surface area contributed by atoms with Crippen LogP contribution in [0, 0.1) is 0 Å². The Labute approximate surface area is 111 Å². The molecule has 0 saturated carbocycles. The number of fused-ring (bicyclic) bond motifs is 1. The van der Waals surface area contributed by atoms with Crippen LogP contribution >= 0.6 is 0 Å². The summed E-state index contributed by atoms with van der Waals surface area (Å²) in [5.74, 6) is -0.182. The number of hydrogen-bond donors (Lipinski definition) is 4. The van der Waals surface area contributed by atoms with Gasteiger partial charge in [-0.25, -0.2) is 9.55 Å². The molecule has 0 amide bonds. The van der Waals surface area contributed by atoms with Crippen molar-refractivity contribution >= 4 is 17.0 Å². The third-order valence-corrected chi connectivity index (χ3v) is 3.31. The van der Waals surface area contributed by atoms with Gasteiger partial charge in [-0.1, -0.05) is 0 Å². The second kappa shape index (κ2) is 4.56. The Balaban J connectivity index is 2.13. The smallest absolute Gasteiger partial charge is 0.300 e. The number of furan rings is 1. The van der Waals surface area contributed by atoms with Gasteiger partial charge in [0, 0.05) is 6.07 Å². The van der Waals surface area contributed by atoms with Crippen LogP contribution in [0.5, 0.6) is 0 Å². The van der Waals surface area contributed by atoms with Crippen molar-refractivity contribution in [3.05, 3.63) is 22.7 Å². The van der Waals surface area contributed by atoms with Gasteiger partial charge in [-0.05, 0) is 0 Å². The van der Waals surface area contributed by atoms with E-state index in [0.29, 0.717) is 0 Å². The van der Waals surface area contributed by atoms with Gasteiger partial charge in [0.05, 0.1) is 12.9 Å². The van der Waals surface area contributed by atoms with Gasteiger partial charge in [0.2, 0.25) is 11.5 Å². The number of aromatic nitrogens is 2. The van der Waals surface area contributed by atoms with Crippen molar-refractivity contribution in [3.8, 4) is 0 Å². The molecule has 0 aromatic carbocycles. The molecular weight excluding hydrogens is 270 g/mol. The number of ether oxygens (including phenoxy) is 1. The molecule has 0 bridgehead atoms. The first-order chi connectivity index (χ1) is 9.54. The minimum Gasteiger partial charge on any atom is -0.457 e. The zero-order chi connectivity index (χ0) is 14.4. The highest BCUT2D eigenvalue weighted by Gasteiger charge is 2.44. The number of aliphatic hydroxyl groups is 3. The van der Waals surface area contributed by atoms with Gasteiger partial charge in [-0.3, -0.25) is 4.79 Å². The number of anilines is 1. The highest BCUT2D eigenvalue weighted by atomic mass is 16.6. The van der Waals surface area contributed by atoms with Crippen molar-refractivity contribution in [2.75, 3.05) is 12.3 Å². The molecule has 1 unspecified atom stereocenters. The lowest BCUT2D eigenvalue weighted by Crippen LogP contribution is -2.36. The first kappa shape index (κ1) is 13.1. The molecule has 108 valence electrons. The van der Waals surface area contributed by atoms with Gasteiger partial charge < -0.3 is 30.2 Å². The van der Waals surface area contributed by atoms with Crippen LogP contribution in [0.25, 0.3) is 11.1 Å². The third kappa shape index (κ3) is 1.72. The van der Waals surface area contributed by atoms with Crippen molar-refractivity contribution in [1.29, 1.82) is 0 Å². The van der Waals surface area contributed by atoms with Gasteiger partial charge in [-0.2, -0.15) is 0 Å². The van der Waals surface area contributed by atoms with E-state index in [1.807, 2.05) is 0 Å². The van der Waals surface area contributed by atoms with Crippen LogP contribution in [0.2, 0.25) is 0 Å². The van der Waals surface area contributed by atoms with E-state index >= 15 is 0 Å². The molecule has 1 aliphatic rings. The fourth-order valence-corrected chi connectivity index (χ4v) is 2.28. The molecule has 2 aromatic heterocycles. The van der Waals surface area contributed by atoms with Crippen LogP contribution < -0.4 is 11.3 Å². The minimum atomic E-state index is -1.42. The number of rotatable bonds is 2. The minimum absolute atomic E-state index is 0.0306. The van der Waals surface area contributed by atoms with Gasteiger partial charge in [0.1, 0.15) is 23.8 Å². The molecule has 3 heterocycles. The fourth-order valence-electron chi connectivity index (χ4n) is 2.28. The molecular formula is C11H13N3O6. The van der Waals surface area contributed by atoms with E-state index in [0.717, 1.165) is 4.57 Å². The molecule has 3 rings (SSSR count). The summed E-state index contributed by atoms with van der Waals surface area (Å²) in [5, 5.41) is 28.7. The van der Waals surface area contributed by atoms with Gasteiger partial charge in [0.15, 0.2) is 6.23 Å². The number of nitrogens with two attached hydrogens (primary N) is 1. The van der Waals surface area contributed by atoms with Crippen molar-refractivity contribution in [2.24, 2.45) is 0 Å². The van der Waals surface area contributed by atoms with Crippen LogP contribution in [0.4, 0.5) is 5.95 Å². The predicted octanol–water partition coefficient (Wildman–Crippen LogP) is -1.82. The molecule has 9 heteroatoms. The summed E-state index contributed by atoms with van der Waals surface area (Å²) in [6, 6.07) is 1.48. The van der Waals surface area contributed by atoms with Crippen molar-refractivity contribution in [1.82, 2.24) is 9.55 Å². The lowest BCUT2D eigenvalue weighted by atomic mass is 10.1. The average molecular weight is 283 g/mol. The summed E-state index contributed by atoms with van der Waals surface area (Å²) in [4.78, 5) is 16.2. The Morgan fingerprint density at radius 2 is 2.15 bits per heavy atom. The topological polar surface area (TPSA) is 144 Å². The highest BCUT2D eigenvalue weighted by Crippen LogP contribution is 2.29. The van der Waals surface area contributed by atoms with Gasteiger partial charge in [0.25, 0.3) is 0 Å². The predicted molar refractivity (Wildman–Crippen MR) is 65.7 cm³/mol. The molecule has 20 heavy (non-hydrogen) atoms. The second-order valence-electron chi connectivity index (χ2n) is 4.51. The van der Waals surface area contributed by atoms with Crippen molar-refractivity contribution in [2.45, 2.75) is 24.5 Å². The van der Waals surface area contributed by atoms with Gasteiger partial charge >= 0.3 is 5.56 Å². The lowest BCUT2D eigenvalue weighted by Gasteiger charge is -2.18. The van der Waals surface area contributed by atoms with Gasteiger partial charge in [-0.15, -0.1) is 0 Å². The van der Waals surface area contributed by atoms with Crippen LogP contribution in [0.15, 0.2) is 21.5 Å². The molecule has 1 fully saturated rings. The summed E-state index contributed by atoms with van der Waals surface area (Å²) in [6.45, 7) is -0.500. The Kier molecular flexibility index (Phi) is 2.98.